The summed E-state index contributed by atoms with van der Waals surface area (Å²) < 4.78 is 5.46. The minimum atomic E-state index is -0.680. The highest BCUT2D eigenvalue weighted by Crippen LogP contribution is 1.86. The molecule has 0 atom stereocenters. The molecule has 0 aliphatic heterocycles. The lowest BCUT2D eigenvalue weighted by atomic mass is 10.4. The standard InChI is InChI=1S/C5H16OSi2.C4H10.CH4/c1-7-5-4-6-8(2)3;1-3-4-2;/h8H,4-5,7H2,1-3H3;3-4H2,1-2H3;1H4. The molecule has 0 heterocycles. The molecule has 0 saturated carbocycles. The van der Waals surface area contributed by atoms with Crippen LogP contribution in [0.5, 0.6) is 0 Å². The highest BCUT2D eigenvalue weighted by atomic mass is 28.3. The van der Waals surface area contributed by atoms with Crippen molar-refractivity contribution in [2.24, 2.45) is 0 Å². The van der Waals surface area contributed by atoms with Crippen LogP contribution in [0, 0.1) is 0 Å². The van der Waals surface area contributed by atoms with E-state index in [1.807, 2.05) is 0 Å². The third kappa shape index (κ3) is 32.8. The van der Waals surface area contributed by atoms with Crippen LogP contribution in [0.2, 0.25) is 25.7 Å². The maximum atomic E-state index is 5.46. The van der Waals surface area contributed by atoms with E-state index in [9.17, 15) is 0 Å². The highest BCUT2D eigenvalue weighted by Gasteiger charge is 1.91. The Labute approximate surface area is 89.8 Å². The maximum Gasteiger partial charge on any atom is 0.170 e. The summed E-state index contributed by atoms with van der Waals surface area (Å²) >= 11 is 0. The molecule has 84 valence electrons. The summed E-state index contributed by atoms with van der Waals surface area (Å²) in [7, 11) is -0.412. The first-order chi connectivity index (χ1) is 5.68. The predicted octanol–water partition coefficient (Wildman–Crippen LogP) is 3.06. The van der Waals surface area contributed by atoms with Crippen molar-refractivity contribution < 1.29 is 4.43 Å². The first kappa shape index (κ1) is 19.0. The van der Waals surface area contributed by atoms with Gasteiger partial charge in [-0.25, -0.2) is 0 Å². The van der Waals surface area contributed by atoms with Gasteiger partial charge in [0.25, 0.3) is 0 Å². The lowest BCUT2D eigenvalue weighted by Crippen LogP contribution is -2.08. The molecule has 0 rings (SSSR count). The van der Waals surface area contributed by atoms with Gasteiger partial charge >= 0.3 is 0 Å². The molecule has 0 aliphatic carbocycles. The van der Waals surface area contributed by atoms with E-state index in [0.29, 0.717) is 0 Å². The van der Waals surface area contributed by atoms with Crippen molar-refractivity contribution >= 4 is 18.6 Å². The average Bonchev–Trinajstić information content (AvgIpc) is 2.05. The number of rotatable bonds is 5. The second kappa shape index (κ2) is 18.2. The Morgan fingerprint density at radius 3 is 1.85 bits per heavy atom. The Bertz CT molecular complexity index is 65.9. The van der Waals surface area contributed by atoms with Crippen molar-refractivity contribution in [1.82, 2.24) is 0 Å². The molecule has 0 spiro atoms. The van der Waals surface area contributed by atoms with E-state index in [1.165, 1.54) is 18.9 Å². The molecule has 0 aromatic heterocycles. The van der Waals surface area contributed by atoms with E-state index in [0.717, 1.165) is 6.61 Å². The molecule has 0 aliphatic rings. The van der Waals surface area contributed by atoms with Gasteiger partial charge in [-0.15, -0.1) is 0 Å². The number of hydrogen-bond donors (Lipinski definition) is 0. The average molecular weight is 223 g/mol. The van der Waals surface area contributed by atoms with Gasteiger partial charge in [0.05, 0.1) is 0 Å². The summed E-state index contributed by atoms with van der Waals surface area (Å²) in [5.74, 6) is 0. The third-order valence-electron chi connectivity index (χ3n) is 1.45. The Hall–Kier alpha value is 0.394. The summed E-state index contributed by atoms with van der Waals surface area (Å²) in [6.45, 7) is 12.2. The summed E-state index contributed by atoms with van der Waals surface area (Å²) in [4.78, 5) is 0. The summed E-state index contributed by atoms with van der Waals surface area (Å²) in [5, 5.41) is 0. The van der Waals surface area contributed by atoms with E-state index in [1.54, 1.807) is 0 Å². The van der Waals surface area contributed by atoms with Crippen LogP contribution in [0.1, 0.15) is 34.1 Å². The minimum Gasteiger partial charge on any atom is -0.421 e. The van der Waals surface area contributed by atoms with Gasteiger partial charge < -0.3 is 4.43 Å². The molecule has 0 unspecified atom stereocenters. The summed E-state index contributed by atoms with van der Waals surface area (Å²) in [6, 6.07) is 1.37. The zero-order valence-electron chi connectivity index (χ0n) is 9.52. The molecule has 0 saturated heterocycles. The van der Waals surface area contributed by atoms with Crippen molar-refractivity contribution in [2.45, 2.75) is 59.8 Å². The van der Waals surface area contributed by atoms with Crippen molar-refractivity contribution in [3.63, 3.8) is 0 Å². The molecular formula is C10H30OSi2. The molecule has 0 amide bonds. The SMILES string of the molecule is C.CCCC.C[SiH2]CCO[SiH](C)C. The van der Waals surface area contributed by atoms with E-state index < -0.39 is 9.04 Å². The highest BCUT2D eigenvalue weighted by molar-refractivity contribution is 6.48. The Kier molecular flexibility index (Phi) is 26.7. The van der Waals surface area contributed by atoms with Gasteiger partial charge in [0, 0.05) is 16.1 Å². The number of hydrogen-bond acceptors (Lipinski definition) is 1. The van der Waals surface area contributed by atoms with Crippen LogP contribution in [0.25, 0.3) is 0 Å². The summed E-state index contributed by atoms with van der Waals surface area (Å²) in [5.41, 5.74) is 0. The van der Waals surface area contributed by atoms with Gasteiger partial charge in [0.15, 0.2) is 9.04 Å². The monoisotopic (exact) mass is 222 g/mol. The molecule has 0 bridgehead atoms. The summed E-state index contributed by atoms with van der Waals surface area (Å²) in [6.07, 6.45) is 2.64. The first-order valence-electron chi connectivity index (χ1n) is 5.30. The molecule has 0 radical (unpaired) electrons. The van der Waals surface area contributed by atoms with Gasteiger partial charge in [-0.05, 0) is 19.1 Å². The lowest BCUT2D eigenvalue weighted by molar-refractivity contribution is 0.350. The third-order valence-corrected chi connectivity index (χ3v) is 3.35. The second-order valence-corrected chi connectivity index (χ2v) is 7.41. The van der Waals surface area contributed by atoms with Crippen LogP contribution >= 0.6 is 0 Å². The minimum absolute atomic E-state index is 0. The van der Waals surface area contributed by atoms with E-state index in [4.69, 9.17) is 4.43 Å². The van der Waals surface area contributed by atoms with Gasteiger partial charge in [0.1, 0.15) is 0 Å². The predicted molar refractivity (Wildman–Crippen MR) is 71.4 cm³/mol. The van der Waals surface area contributed by atoms with Gasteiger partial charge in [-0.1, -0.05) is 40.7 Å². The van der Waals surface area contributed by atoms with Crippen molar-refractivity contribution in [1.29, 1.82) is 0 Å². The topological polar surface area (TPSA) is 9.23 Å². The Balaban J connectivity index is -0.000000173. The molecule has 1 nitrogen and oxygen atoms in total. The van der Waals surface area contributed by atoms with Crippen LogP contribution in [-0.4, -0.2) is 25.2 Å². The molecular weight excluding hydrogens is 192 g/mol. The molecule has 13 heavy (non-hydrogen) atoms. The first-order valence-corrected chi connectivity index (χ1v) is 10.5. The van der Waals surface area contributed by atoms with Crippen LogP contribution in [0.3, 0.4) is 0 Å². The van der Waals surface area contributed by atoms with Crippen LogP contribution in [0.4, 0.5) is 0 Å². The van der Waals surface area contributed by atoms with E-state index >= 15 is 0 Å². The maximum absolute atomic E-state index is 5.46. The fourth-order valence-electron chi connectivity index (χ4n) is 0.463. The largest absolute Gasteiger partial charge is 0.421 e. The zero-order chi connectivity index (χ0) is 9.82. The molecule has 0 N–H and O–H groups in total. The van der Waals surface area contributed by atoms with E-state index in [-0.39, 0.29) is 16.9 Å². The Morgan fingerprint density at radius 1 is 1.15 bits per heavy atom. The zero-order valence-corrected chi connectivity index (χ0v) is 12.1. The molecule has 0 aromatic carbocycles. The van der Waals surface area contributed by atoms with Crippen molar-refractivity contribution in [3.05, 3.63) is 0 Å². The van der Waals surface area contributed by atoms with Crippen molar-refractivity contribution in [2.75, 3.05) is 6.61 Å². The Morgan fingerprint density at radius 2 is 1.62 bits per heavy atom. The van der Waals surface area contributed by atoms with Gasteiger partial charge in [-0.3, -0.25) is 0 Å². The van der Waals surface area contributed by atoms with Gasteiger partial charge in [0.2, 0.25) is 0 Å². The fourth-order valence-corrected chi connectivity index (χ4v) is 1.89. The quantitative estimate of drug-likeness (QED) is 0.513. The van der Waals surface area contributed by atoms with E-state index in [2.05, 4.69) is 33.5 Å². The molecule has 0 aromatic rings. The second-order valence-electron chi connectivity index (χ2n) is 3.27. The lowest BCUT2D eigenvalue weighted by Gasteiger charge is -2.03. The fraction of sp³-hybridized carbons (Fsp3) is 1.00. The molecule has 3 heteroatoms. The van der Waals surface area contributed by atoms with Gasteiger partial charge in [-0.2, -0.15) is 0 Å². The molecule has 0 fully saturated rings. The van der Waals surface area contributed by atoms with Crippen LogP contribution in [0.15, 0.2) is 0 Å². The van der Waals surface area contributed by atoms with Crippen LogP contribution < -0.4 is 0 Å². The smallest absolute Gasteiger partial charge is 0.170 e. The normalized spacial score (nSPS) is 9.69. The van der Waals surface area contributed by atoms with Crippen LogP contribution in [-0.2, 0) is 4.43 Å². The number of unbranched alkanes of at least 4 members (excludes halogenated alkanes) is 1. The van der Waals surface area contributed by atoms with Crippen molar-refractivity contribution in [3.8, 4) is 0 Å².